The van der Waals surface area contributed by atoms with Gasteiger partial charge < -0.3 is 40.3 Å². The number of hydrogen-bond donors (Lipinski definition) is 3. The fourth-order valence-corrected chi connectivity index (χ4v) is 8.93. The molecule has 0 radical (unpaired) electrons. The molecule has 4 heterocycles. The first-order chi connectivity index (χ1) is 27.3. The Hall–Kier alpha value is -4.22. The summed E-state index contributed by atoms with van der Waals surface area (Å²) >= 11 is 0. The Labute approximate surface area is 340 Å². The molecule has 3 saturated heterocycles. The number of cyclic esters (lactones) is 1. The van der Waals surface area contributed by atoms with Gasteiger partial charge >= 0.3 is 12.1 Å². The first kappa shape index (κ1) is 44.9. The average Bonchev–Trinajstić information content (AvgIpc) is 3.77. The lowest BCUT2D eigenvalue weighted by Crippen LogP contribution is -2.61. The number of anilines is 1. The van der Waals surface area contributed by atoms with Crippen LogP contribution in [-0.4, -0.2) is 116 Å². The summed E-state index contributed by atoms with van der Waals surface area (Å²) in [4.78, 5) is 58.1. The van der Waals surface area contributed by atoms with Crippen LogP contribution < -0.4 is 11.5 Å². The van der Waals surface area contributed by atoms with E-state index in [-0.39, 0.29) is 37.2 Å². The van der Waals surface area contributed by atoms with Crippen molar-refractivity contribution in [3.63, 3.8) is 0 Å². The van der Waals surface area contributed by atoms with E-state index in [1.54, 1.807) is 64.6 Å². The number of rotatable bonds is 9. The lowest BCUT2D eigenvalue weighted by Gasteiger charge is -2.47. The summed E-state index contributed by atoms with van der Waals surface area (Å²) in [6.07, 6.45) is 0.121. The number of aliphatic hydroxyl groups is 1. The van der Waals surface area contributed by atoms with E-state index < -0.39 is 89.4 Å². The van der Waals surface area contributed by atoms with Crippen molar-refractivity contribution in [2.24, 2.45) is 35.3 Å². The van der Waals surface area contributed by atoms with Crippen LogP contribution in [0.1, 0.15) is 75.2 Å². The highest BCUT2D eigenvalue weighted by atomic mass is 16.7. The first-order valence-corrected chi connectivity index (χ1v) is 20.3. The highest BCUT2D eigenvalue weighted by Crippen LogP contribution is 2.43. The predicted molar refractivity (Wildman–Crippen MR) is 214 cm³/mol. The Bertz CT molecular complexity index is 1840. The van der Waals surface area contributed by atoms with Crippen LogP contribution in [0.15, 0.2) is 42.6 Å². The molecule has 3 aliphatic rings. The molecule has 58 heavy (non-hydrogen) atoms. The van der Waals surface area contributed by atoms with Crippen molar-refractivity contribution in [3.8, 4) is 11.3 Å². The number of ether oxygens (including phenoxy) is 5. The van der Waals surface area contributed by atoms with Crippen molar-refractivity contribution in [3.05, 3.63) is 42.6 Å². The molecule has 3 unspecified atom stereocenters. The molecular weight excluding hydrogens is 748 g/mol. The zero-order valence-corrected chi connectivity index (χ0v) is 35.4. The Morgan fingerprint density at radius 1 is 1.02 bits per heavy atom. The number of amides is 1. The Kier molecular flexibility index (Phi) is 13.9. The fraction of sp³-hybridized carbons (Fsp3) is 0.667. The number of aromatic nitrogens is 3. The number of nitrogen functional groups attached to an aromatic ring is 1. The number of methoxy groups -OCH3 is 1. The number of carbonyl (C=O) groups excluding carboxylic acids is 4. The van der Waals surface area contributed by atoms with E-state index in [1.165, 1.54) is 18.9 Å². The number of nitrogens with two attached hydrogens (primary N) is 2. The van der Waals surface area contributed by atoms with Crippen molar-refractivity contribution < 1.29 is 48.0 Å². The number of fused-ring (bicyclic) bond motifs is 1. The highest BCUT2D eigenvalue weighted by Gasteiger charge is 2.60. The predicted octanol–water partition coefficient (Wildman–Crippen LogP) is 3.93. The smallest absolute Gasteiger partial charge is 0.411 e. The molecule has 0 spiro atoms. The molecule has 14 atom stereocenters. The number of aliphatic hydroxyl groups excluding tert-OH is 1. The van der Waals surface area contributed by atoms with E-state index in [1.807, 2.05) is 38.1 Å². The number of Topliss-reactive ketones (excluding diaryl/α,β-unsaturated/α-hetero) is 2. The molecule has 0 bridgehead atoms. The molecule has 3 aliphatic heterocycles. The lowest BCUT2D eigenvalue weighted by molar-refractivity contribution is -0.297. The van der Waals surface area contributed by atoms with Crippen molar-refractivity contribution in [2.75, 3.05) is 19.4 Å². The summed E-state index contributed by atoms with van der Waals surface area (Å²) < 4.78 is 32.5. The molecule has 16 heteroatoms. The number of hydrogen-bond acceptors (Lipinski definition) is 14. The minimum atomic E-state index is -1.46. The molecule has 320 valence electrons. The topological polar surface area (TPSA) is 221 Å². The second kappa shape index (κ2) is 18.0. The third-order valence-corrected chi connectivity index (χ3v) is 12.7. The molecule has 3 fully saturated rings. The number of benzene rings is 1. The summed E-state index contributed by atoms with van der Waals surface area (Å²) in [6, 6.07) is 5.79. The number of esters is 1. The second-order valence-corrected chi connectivity index (χ2v) is 16.8. The Morgan fingerprint density at radius 2 is 1.71 bits per heavy atom. The summed E-state index contributed by atoms with van der Waals surface area (Å²) in [5.41, 5.74) is 11.6. The number of carbonyl (C=O) groups is 4. The monoisotopic (exact) mass is 810 g/mol. The summed E-state index contributed by atoms with van der Waals surface area (Å²) in [5.74, 6) is -5.45. The molecule has 1 amide bonds. The molecule has 1 aromatic carbocycles. The van der Waals surface area contributed by atoms with E-state index in [2.05, 4.69) is 10.3 Å². The van der Waals surface area contributed by atoms with Crippen molar-refractivity contribution in [1.82, 2.24) is 19.9 Å². The molecule has 5 N–H and O–H groups in total. The first-order valence-electron chi connectivity index (χ1n) is 20.3. The standard InChI is InChI=1S/C42H62N6O10/c1-11-31-42(9)36(48(40(53)58-42)18-13-12-17-47-21-30(45-46-47)28-15-14-16-29(43)19-28)24(4)33(49)22(2)20-41(8,54-10)37(25(5)34(50)26(6)38(52)56-31)57-39-35(51)32(44)23(3)27(7)55-39/h12-16,19,21-27,31-32,35-37,39,51H,11,17-18,20,43-44H2,1-10H3/b13-12-/t22-,23+,24+,25+,26-,27?,31-,32?,35?,36-,37-,39+,41-,42-/m1/s1. The highest BCUT2D eigenvalue weighted by molar-refractivity contribution is 6.00. The third-order valence-electron chi connectivity index (χ3n) is 12.7. The molecule has 5 rings (SSSR count). The number of nitrogens with zero attached hydrogens (tertiary/aromatic N) is 4. The van der Waals surface area contributed by atoms with Gasteiger partial charge in [0.05, 0.1) is 36.6 Å². The maximum Gasteiger partial charge on any atom is 0.411 e. The van der Waals surface area contributed by atoms with Gasteiger partial charge in [-0.15, -0.1) is 5.10 Å². The zero-order chi connectivity index (χ0) is 42.9. The van der Waals surface area contributed by atoms with Crippen molar-refractivity contribution >= 4 is 29.3 Å². The molecule has 1 aromatic heterocycles. The van der Waals surface area contributed by atoms with Crippen LogP contribution in [-0.2, 0) is 44.6 Å². The van der Waals surface area contributed by atoms with Crippen molar-refractivity contribution in [1.29, 1.82) is 0 Å². The molecule has 16 nitrogen and oxygen atoms in total. The summed E-state index contributed by atoms with van der Waals surface area (Å²) in [7, 11) is 1.46. The van der Waals surface area contributed by atoms with E-state index >= 15 is 0 Å². The minimum Gasteiger partial charge on any atom is -0.458 e. The van der Waals surface area contributed by atoms with E-state index in [9.17, 15) is 24.3 Å². The minimum absolute atomic E-state index is 0.0766. The quantitative estimate of drug-likeness (QED) is 0.141. The maximum atomic E-state index is 14.6. The number of ketones is 2. The van der Waals surface area contributed by atoms with Crippen LogP contribution in [0.4, 0.5) is 10.5 Å². The van der Waals surface area contributed by atoms with Gasteiger partial charge in [-0.1, -0.05) is 64.1 Å². The summed E-state index contributed by atoms with van der Waals surface area (Å²) in [6.45, 7) is 15.9. The Morgan fingerprint density at radius 3 is 2.36 bits per heavy atom. The van der Waals surface area contributed by atoms with E-state index in [4.69, 9.17) is 35.2 Å². The SMILES string of the molecule is CC[C@H]1OC(=O)[C@H](C)C(=O)[C@H](C)[C@@H](O[C@@H]2OC(C)[C@H](C)C(N)C2O)[C@](C)(OC)C[C@@H](C)C(=O)[C@H](C)[C@H]2N(C/C=C\Cn3cc(-c4cccc(N)c4)nn3)C(=O)O[C@]12C. The van der Waals surface area contributed by atoms with Gasteiger partial charge in [0, 0.05) is 48.7 Å². The zero-order valence-electron chi connectivity index (χ0n) is 35.4. The fourth-order valence-electron chi connectivity index (χ4n) is 8.93. The lowest BCUT2D eigenvalue weighted by atomic mass is 9.73. The van der Waals surface area contributed by atoms with Gasteiger partial charge in [0.25, 0.3) is 0 Å². The van der Waals surface area contributed by atoms with Crippen LogP contribution in [0, 0.1) is 29.6 Å². The van der Waals surface area contributed by atoms with Crippen LogP contribution in [0.3, 0.4) is 0 Å². The number of allylic oxidation sites excluding steroid dienone is 1. The van der Waals surface area contributed by atoms with Gasteiger partial charge in [0.1, 0.15) is 29.6 Å². The molecule has 2 aromatic rings. The van der Waals surface area contributed by atoms with Gasteiger partial charge in [-0.05, 0) is 58.6 Å². The van der Waals surface area contributed by atoms with Crippen LogP contribution in [0.2, 0.25) is 0 Å². The average molecular weight is 811 g/mol. The van der Waals surface area contributed by atoms with E-state index in [0.29, 0.717) is 17.9 Å². The maximum absolute atomic E-state index is 14.6. The van der Waals surface area contributed by atoms with Crippen molar-refractivity contribution in [2.45, 2.75) is 136 Å². The van der Waals surface area contributed by atoms with Gasteiger partial charge in [-0.25, -0.2) is 9.48 Å². The van der Waals surface area contributed by atoms with E-state index in [0.717, 1.165) is 5.56 Å². The second-order valence-electron chi connectivity index (χ2n) is 16.8. The van der Waals surface area contributed by atoms with Crippen LogP contribution in [0.5, 0.6) is 0 Å². The van der Waals surface area contributed by atoms with Gasteiger partial charge in [-0.2, -0.15) is 0 Å². The summed E-state index contributed by atoms with van der Waals surface area (Å²) in [5, 5.41) is 19.6. The Balaban J connectivity index is 1.46. The van der Waals surface area contributed by atoms with Crippen LogP contribution in [0.25, 0.3) is 11.3 Å². The molecular formula is C42H62N6O10. The van der Waals surface area contributed by atoms with Crippen LogP contribution >= 0.6 is 0 Å². The molecule has 0 aliphatic carbocycles. The normalized spacial score (nSPS) is 38.0. The molecule has 0 saturated carbocycles. The third kappa shape index (κ3) is 8.86. The van der Waals surface area contributed by atoms with Gasteiger partial charge in [-0.3, -0.25) is 19.3 Å². The largest absolute Gasteiger partial charge is 0.458 e. The van der Waals surface area contributed by atoms with Gasteiger partial charge in [0.2, 0.25) is 0 Å². The van der Waals surface area contributed by atoms with Gasteiger partial charge in [0.15, 0.2) is 17.7 Å².